The molecule has 0 radical (unpaired) electrons. The van der Waals surface area contributed by atoms with Crippen LogP contribution in [-0.2, 0) is 25.8 Å². The SMILES string of the molecule is Cc1ccc(C)c(S(=O)(=O)C2(C(=O)N[C@H](C)c3ccc4c(c3)CC(=O)N4)CCCC2)c1. The van der Waals surface area contributed by atoms with Crippen LogP contribution in [-0.4, -0.2) is 25.0 Å². The fourth-order valence-corrected chi connectivity index (χ4v) is 7.08. The summed E-state index contributed by atoms with van der Waals surface area (Å²) in [5.41, 5.74) is 4.04. The smallest absolute Gasteiger partial charge is 0.242 e. The van der Waals surface area contributed by atoms with Crippen LogP contribution in [0.25, 0.3) is 0 Å². The second-order valence-corrected chi connectivity index (χ2v) is 11.0. The van der Waals surface area contributed by atoms with E-state index in [1.807, 2.05) is 38.1 Å². The molecule has 2 aromatic rings. The summed E-state index contributed by atoms with van der Waals surface area (Å²) in [6.45, 7) is 5.47. The molecule has 2 amide bonds. The summed E-state index contributed by atoms with van der Waals surface area (Å²) in [5, 5.41) is 5.77. The van der Waals surface area contributed by atoms with Gasteiger partial charge in [0.1, 0.15) is 0 Å². The van der Waals surface area contributed by atoms with Crippen LogP contribution in [0.2, 0.25) is 0 Å². The summed E-state index contributed by atoms with van der Waals surface area (Å²) in [5.74, 6) is -0.485. The van der Waals surface area contributed by atoms with Crippen molar-refractivity contribution < 1.29 is 18.0 Å². The number of carbonyl (C=O) groups excluding carboxylic acids is 2. The quantitative estimate of drug-likeness (QED) is 0.740. The highest BCUT2D eigenvalue weighted by Gasteiger charge is 2.53. The summed E-state index contributed by atoms with van der Waals surface area (Å²) >= 11 is 0. The van der Waals surface area contributed by atoms with E-state index in [0.29, 0.717) is 37.7 Å². The number of hydrogen-bond donors (Lipinski definition) is 2. The molecule has 2 aliphatic rings. The van der Waals surface area contributed by atoms with E-state index in [2.05, 4.69) is 10.6 Å². The fourth-order valence-electron chi connectivity index (χ4n) is 4.70. The molecule has 6 nitrogen and oxygen atoms in total. The minimum Gasteiger partial charge on any atom is -0.348 e. The Morgan fingerprint density at radius 1 is 1.10 bits per heavy atom. The molecule has 1 heterocycles. The normalized spacial score (nSPS) is 18.4. The van der Waals surface area contributed by atoms with Gasteiger partial charge in [-0.25, -0.2) is 8.42 Å². The Balaban J connectivity index is 1.64. The molecule has 0 unspecified atom stereocenters. The highest BCUT2D eigenvalue weighted by atomic mass is 32.2. The Labute approximate surface area is 183 Å². The van der Waals surface area contributed by atoms with Crippen LogP contribution in [0.4, 0.5) is 5.69 Å². The Hall–Kier alpha value is -2.67. The van der Waals surface area contributed by atoms with Crippen molar-refractivity contribution in [3.05, 3.63) is 58.7 Å². The number of hydrogen-bond acceptors (Lipinski definition) is 4. The largest absolute Gasteiger partial charge is 0.348 e. The van der Waals surface area contributed by atoms with Crippen LogP contribution in [0, 0.1) is 13.8 Å². The summed E-state index contributed by atoms with van der Waals surface area (Å²) in [4.78, 5) is 25.4. The summed E-state index contributed by atoms with van der Waals surface area (Å²) < 4.78 is 26.1. The number of anilines is 1. The third kappa shape index (κ3) is 3.65. The zero-order valence-corrected chi connectivity index (χ0v) is 18.9. The predicted octanol–water partition coefficient (Wildman–Crippen LogP) is 3.76. The van der Waals surface area contributed by atoms with E-state index in [9.17, 15) is 18.0 Å². The monoisotopic (exact) mass is 440 g/mol. The Bertz CT molecular complexity index is 1160. The van der Waals surface area contributed by atoms with Crippen LogP contribution < -0.4 is 10.6 Å². The Morgan fingerprint density at radius 3 is 2.52 bits per heavy atom. The van der Waals surface area contributed by atoms with Gasteiger partial charge in [0.2, 0.25) is 11.8 Å². The van der Waals surface area contributed by atoms with E-state index in [-0.39, 0.29) is 16.8 Å². The second kappa shape index (κ2) is 7.79. The topological polar surface area (TPSA) is 92.3 Å². The zero-order valence-electron chi connectivity index (χ0n) is 18.1. The molecule has 0 aromatic heterocycles. The highest BCUT2D eigenvalue weighted by molar-refractivity contribution is 7.93. The molecule has 0 spiro atoms. The highest BCUT2D eigenvalue weighted by Crippen LogP contribution is 2.42. The Morgan fingerprint density at radius 2 is 1.81 bits per heavy atom. The molecule has 1 saturated carbocycles. The summed E-state index contributed by atoms with van der Waals surface area (Å²) in [7, 11) is -3.86. The van der Waals surface area contributed by atoms with E-state index in [1.165, 1.54) is 0 Å². The number of aryl methyl sites for hydroxylation is 2. The lowest BCUT2D eigenvalue weighted by Crippen LogP contribution is -2.51. The number of sulfone groups is 1. The van der Waals surface area contributed by atoms with Gasteiger partial charge in [-0.05, 0) is 68.0 Å². The maximum absolute atomic E-state index is 13.8. The van der Waals surface area contributed by atoms with Crippen molar-refractivity contribution in [2.75, 3.05) is 5.32 Å². The van der Waals surface area contributed by atoms with Crippen molar-refractivity contribution in [2.24, 2.45) is 0 Å². The number of amides is 2. The van der Waals surface area contributed by atoms with E-state index >= 15 is 0 Å². The first-order valence-corrected chi connectivity index (χ1v) is 12.2. The molecule has 1 fully saturated rings. The average molecular weight is 441 g/mol. The molecule has 1 aliphatic carbocycles. The Kier molecular flexibility index (Phi) is 5.41. The van der Waals surface area contributed by atoms with Gasteiger partial charge in [0.15, 0.2) is 14.6 Å². The molecule has 0 bridgehead atoms. The van der Waals surface area contributed by atoms with E-state index in [0.717, 1.165) is 22.4 Å². The van der Waals surface area contributed by atoms with Crippen LogP contribution in [0.1, 0.15) is 60.9 Å². The van der Waals surface area contributed by atoms with Gasteiger partial charge in [0.25, 0.3) is 0 Å². The van der Waals surface area contributed by atoms with Crippen LogP contribution >= 0.6 is 0 Å². The third-order valence-corrected chi connectivity index (χ3v) is 9.22. The second-order valence-electron chi connectivity index (χ2n) is 8.81. The first-order chi connectivity index (χ1) is 14.6. The third-order valence-electron chi connectivity index (χ3n) is 6.57. The molecule has 4 rings (SSSR count). The van der Waals surface area contributed by atoms with Gasteiger partial charge in [-0.1, -0.05) is 37.1 Å². The van der Waals surface area contributed by atoms with Gasteiger partial charge < -0.3 is 10.6 Å². The van der Waals surface area contributed by atoms with Crippen molar-refractivity contribution in [2.45, 2.75) is 68.6 Å². The van der Waals surface area contributed by atoms with E-state index in [1.54, 1.807) is 19.1 Å². The maximum atomic E-state index is 13.8. The lowest BCUT2D eigenvalue weighted by Gasteiger charge is -2.30. The van der Waals surface area contributed by atoms with Crippen LogP contribution in [0.15, 0.2) is 41.3 Å². The van der Waals surface area contributed by atoms with Crippen molar-refractivity contribution in [1.82, 2.24) is 5.32 Å². The van der Waals surface area contributed by atoms with Crippen molar-refractivity contribution in [3.8, 4) is 0 Å². The van der Waals surface area contributed by atoms with Crippen molar-refractivity contribution in [3.63, 3.8) is 0 Å². The molecule has 0 saturated heterocycles. The number of nitrogens with one attached hydrogen (secondary N) is 2. The molecule has 7 heteroatoms. The number of fused-ring (bicyclic) bond motifs is 1. The first kappa shape index (κ1) is 21.6. The lowest BCUT2D eigenvalue weighted by molar-refractivity contribution is -0.124. The van der Waals surface area contributed by atoms with Gasteiger partial charge in [0.05, 0.1) is 17.4 Å². The molecule has 1 atom stereocenters. The number of carbonyl (C=O) groups is 2. The van der Waals surface area contributed by atoms with Gasteiger partial charge in [-0.15, -0.1) is 0 Å². The molecule has 1 aliphatic heterocycles. The molecule has 164 valence electrons. The van der Waals surface area contributed by atoms with Crippen LogP contribution in [0.5, 0.6) is 0 Å². The van der Waals surface area contributed by atoms with Crippen molar-refractivity contribution in [1.29, 1.82) is 0 Å². The van der Waals surface area contributed by atoms with E-state index < -0.39 is 20.5 Å². The van der Waals surface area contributed by atoms with Crippen molar-refractivity contribution >= 4 is 27.3 Å². The van der Waals surface area contributed by atoms with Gasteiger partial charge in [-0.3, -0.25) is 9.59 Å². The average Bonchev–Trinajstić information content (AvgIpc) is 3.36. The molecular weight excluding hydrogens is 412 g/mol. The van der Waals surface area contributed by atoms with Crippen LogP contribution in [0.3, 0.4) is 0 Å². The molecular formula is C24H28N2O4S. The maximum Gasteiger partial charge on any atom is 0.242 e. The van der Waals surface area contributed by atoms with Gasteiger partial charge >= 0.3 is 0 Å². The lowest BCUT2D eigenvalue weighted by atomic mass is 10.0. The number of rotatable bonds is 5. The van der Waals surface area contributed by atoms with E-state index in [4.69, 9.17) is 0 Å². The molecule has 31 heavy (non-hydrogen) atoms. The first-order valence-electron chi connectivity index (χ1n) is 10.7. The minimum atomic E-state index is -3.86. The molecule has 2 aromatic carbocycles. The summed E-state index contributed by atoms with van der Waals surface area (Å²) in [6.07, 6.45) is 2.37. The fraction of sp³-hybridized carbons (Fsp3) is 0.417. The molecule has 2 N–H and O–H groups in total. The predicted molar refractivity (Wildman–Crippen MR) is 120 cm³/mol. The number of benzene rings is 2. The zero-order chi connectivity index (χ0) is 22.4. The standard InChI is InChI=1S/C24H28N2O4S/c1-15-6-7-16(2)21(12-15)31(29,30)24(10-4-5-11-24)23(28)25-17(3)18-8-9-20-19(13-18)14-22(27)26-20/h6-9,12-13,17H,4-5,10-11,14H2,1-3H3,(H,25,28)(H,26,27)/t17-/m1/s1. The van der Waals surface area contributed by atoms with Gasteiger partial charge in [-0.2, -0.15) is 0 Å². The summed E-state index contributed by atoms with van der Waals surface area (Å²) in [6, 6.07) is 10.6. The van der Waals surface area contributed by atoms with Gasteiger partial charge in [0, 0.05) is 5.69 Å². The minimum absolute atomic E-state index is 0.0478.